The van der Waals surface area contributed by atoms with Gasteiger partial charge >= 0.3 is 0 Å². The molecule has 0 aromatic carbocycles. The van der Waals surface area contributed by atoms with Gasteiger partial charge in [0.15, 0.2) is 0 Å². The summed E-state index contributed by atoms with van der Waals surface area (Å²) in [7, 11) is 0. The fourth-order valence-corrected chi connectivity index (χ4v) is 2.85. The molecule has 4 nitrogen and oxygen atoms in total. The van der Waals surface area contributed by atoms with Crippen molar-refractivity contribution in [3.05, 3.63) is 17.8 Å². The number of rotatable bonds is 5. The molecule has 0 atom stereocenters. The van der Waals surface area contributed by atoms with Crippen LogP contribution in [0.2, 0.25) is 0 Å². The quantitative estimate of drug-likeness (QED) is 0.888. The summed E-state index contributed by atoms with van der Waals surface area (Å²) in [6.07, 6.45) is 6.32. The van der Waals surface area contributed by atoms with E-state index in [1.807, 2.05) is 6.20 Å². The largest absolute Gasteiger partial charge is 0.444 e. The fraction of sp³-hybridized carbons (Fsp3) is 0.800. The van der Waals surface area contributed by atoms with E-state index in [9.17, 15) is 0 Å². The van der Waals surface area contributed by atoms with Crippen molar-refractivity contribution in [1.82, 2.24) is 15.2 Å². The normalized spacial score (nSPS) is 20.4. The van der Waals surface area contributed by atoms with Crippen LogP contribution in [0, 0.1) is 0 Å². The first-order valence-electron chi connectivity index (χ1n) is 7.62. The number of hydrogen-bond donors (Lipinski definition) is 1. The second kappa shape index (κ2) is 6.53. The molecule has 1 aromatic heterocycles. The van der Waals surface area contributed by atoms with Crippen LogP contribution in [0.4, 0.5) is 0 Å². The van der Waals surface area contributed by atoms with Gasteiger partial charge in [-0.1, -0.05) is 20.8 Å². The Morgan fingerprint density at radius 1 is 1.37 bits per heavy atom. The molecule has 4 heteroatoms. The molecule has 0 bridgehead atoms. The van der Waals surface area contributed by atoms with Gasteiger partial charge in [-0.05, 0) is 32.4 Å². The van der Waals surface area contributed by atoms with Gasteiger partial charge in [0.1, 0.15) is 5.76 Å². The summed E-state index contributed by atoms with van der Waals surface area (Å²) in [4.78, 5) is 6.87. The molecule has 1 saturated heterocycles. The van der Waals surface area contributed by atoms with Crippen LogP contribution in [0.5, 0.6) is 0 Å². The SMILES string of the molecule is CCc1cnc(CN2CCCNC(CC)(CC)C2)o1. The molecule has 0 spiro atoms. The standard InChI is InChI=1S/C15H27N3O/c1-4-13-10-16-14(19-13)11-18-9-7-8-17-15(5-2,6-3)12-18/h10,17H,4-9,11-12H2,1-3H3. The summed E-state index contributed by atoms with van der Waals surface area (Å²) in [5, 5.41) is 3.73. The van der Waals surface area contributed by atoms with Gasteiger partial charge in [-0.15, -0.1) is 0 Å². The highest BCUT2D eigenvalue weighted by molar-refractivity contribution is 4.96. The Morgan fingerprint density at radius 3 is 2.79 bits per heavy atom. The molecule has 1 N–H and O–H groups in total. The number of hydrogen-bond acceptors (Lipinski definition) is 4. The zero-order valence-electron chi connectivity index (χ0n) is 12.5. The number of nitrogens with one attached hydrogen (secondary N) is 1. The van der Waals surface area contributed by atoms with Gasteiger partial charge in [-0.2, -0.15) is 0 Å². The van der Waals surface area contributed by atoms with Crippen LogP contribution in [0.1, 0.15) is 51.7 Å². The highest BCUT2D eigenvalue weighted by Gasteiger charge is 2.30. The lowest BCUT2D eigenvalue weighted by molar-refractivity contribution is 0.177. The Kier molecular flexibility index (Phi) is 4.99. The zero-order chi connectivity index (χ0) is 13.7. The van der Waals surface area contributed by atoms with E-state index in [1.54, 1.807) is 0 Å². The predicted molar refractivity (Wildman–Crippen MR) is 77.1 cm³/mol. The van der Waals surface area contributed by atoms with Gasteiger partial charge in [0.25, 0.3) is 0 Å². The lowest BCUT2D eigenvalue weighted by Crippen LogP contribution is -2.50. The molecule has 0 aliphatic carbocycles. The number of oxazole rings is 1. The minimum absolute atomic E-state index is 0.261. The topological polar surface area (TPSA) is 41.3 Å². The van der Waals surface area contributed by atoms with Crippen molar-refractivity contribution in [3.63, 3.8) is 0 Å². The van der Waals surface area contributed by atoms with E-state index >= 15 is 0 Å². The number of aromatic nitrogens is 1. The maximum Gasteiger partial charge on any atom is 0.208 e. The van der Waals surface area contributed by atoms with Crippen molar-refractivity contribution >= 4 is 0 Å². The van der Waals surface area contributed by atoms with Crippen molar-refractivity contribution in [3.8, 4) is 0 Å². The van der Waals surface area contributed by atoms with Crippen molar-refractivity contribution in [1.29, 1.82) is 0 Å². The van der Waals surface area contributed by atoms with Crippen LogP contribution in [0.3, 0.4) is 0 Å². The summed E-state index contributed by atoms with van der Waals surface area (Å²) in [5.74, 6) is 1.85. The van der Waals surface area contributed by atoms with Crippen LogP contribution in [-0.2, 0) is 13.0 Å². The van der Waals surface area contributed by atoms with E-state index in [2.05, 4.69) is 36.0 Å². The second-order valence-electron chi connectivity index (χ2n) is 5.55. The molecule has 0 unspecified atom stereocenters. The Hall–Kier alpha value is -0.870. The number of nitrogens with zero attached hydrogens (tertiary/aromatic N) is 2. The van der Waals surface area contributed by atoms with E-state index in [1.165, 1.54) is 19.3 Å². The summed E-state index contributed by atoms with van der Waals surface area (Å²) in [5.41, 5.74) is 0.261. The van der Waals surface area contributed by atoms with Gasteiger partial charge < -0.3 is 9.73 Å². The Labute approximate surface area is 116 Å². The van der Waals surface area contributed by atoms with E-state index in [-0.39, 0.29) is 5.54 Å². The highest BCUT2D eigenvalue weighted by Crippen LogP contribution is 2.21. The van der Waals surface area contributed by atoms with Gasteiger partial charge in [-0.25, -0.2) is 4.98 Å². The third kappa shape index (κ3) is 3.57. The van der Waals surface area contributed by atoms with E-state index in [0.29, 0.717) is 0 Å². The molecule has 1 aliphatic heterocycles. The van der Waals surface area contributed by atoms with Gasteiger partial charge in [0.2, 0.25) is 5.89 Å². The first-order chi connectivity index (χ1) is 9.21. The number of aryl methyl sites for hydroxylation is 1. The summed E-state index contributed by atoms with van der Waals surface area (Å²) >= 11 is 0. The molecule has 1 aliphatic rings. The maximum absolute atomic E-state index is 5.74. The van der Waals surface area contributed by atoms with Crippen LogP contribution in [-0.4, -0.2) is 35.1 Å². The van der Waals surface area contributed by atoms with Gasteiger partial charge in [-0.3, -0.25) is 4.90 Å². The van der Waals surface area contributed by atoms with E-state index in [4.69, 9.17) is 4.42 Å². The maximum atomic E-state index is 5.74. The molecule has 1 fully saturated rings. The predicted octanol–water partition coefficient (Wildman–Crippen LogP) is 2.59. The molecule has 0 radical (unpaired) electrons. The van der Waals surface area contributed by atoms with Crippen molar-refractivity contribution in [2.75, 3.05) is 19.6 Å². The average Bonchev–Trinajstić information content (AvgIpc) is 2.79. The molecule has 1 aromatic rings. The van der Waals surface area contributed by atoms with Crippen LogP contribution >= 0.6 is 0 Å². The third-order valence-corrected chi connectivity index (χ3v) is 4.34. The van der Waals surface area contributed by atoms with Gasteiger partial charge in [0, 0.05) is 18.5 Å². The van der Waals surface area contributed by atoms with Gasteiger partial charge in [0.05, 0.1) is 12.7 Å². The van der Waals surface area contributed by atoms with E-state index in [0.717, 1.165) is 44.3 Å². The lowest BCUT2D eigenvalue weighted by Gasteiger charge is -2.35. The van der Waals surface area contributed by atoms with Crippen molar-refractivity contribution < 1.29 is 4.42 Å². The summed E-state index contributed by atoms with van der Waals surface area (Å²) in [6, 6.07) is 0. The molecule has 0 amide bonds. The molecular formula is C15H27N3O. The molecule has 108 valence electrons. The Balaban J connectivity index is 2.02. The average molecular weight is 265 g/mol. The minimum atomic E-state index is 0.261. The summed E-state index contributed by atoms with van der Waals surface area (Å²) in [6.45, 7) is 10.8. The van der Waals surface area contributed by atoms with Crippen LogP contribution in [0.25, 0.3) is 0 Å². The van der Waals surface area contributed by atoms with Crippen molar-refractivity contribution in [2.24, 2.45) is 0 Å². The molecule has 0 saturated carbocycles. The Morgan fingerprint density at radius 2 is 2.16 bits per heavy atom. The van der Waals surface area contributed by atoms with Crippen molar-refractivity contribution in [2.45, 2.75) is 58.5 Å². The molecule has 19 heavy (non-hydrogen) atoms. The first-order valence-corrected chi connectivity index (χ1v) is 7.62. The smallest absolute Gasteiger partial charge is 0.208 e. The van der Waals surface area contributed by atoms with E-state index < -0.39 is 0 Å². The summed E-state index contributed by atoms with van der Waals surface area (Å²) < 4.78 is 5.74. The fourth-order valence-electron chi connectivity index (χ4n) is 2.85. The minimum Gasteiger partial charge on any atom is -0.444 e. The first kappa shape index (κ1) is 14.5. The second-order valence-corrected chi connectivity index (χ2v) is 5.55. The lowest BCUT2D eigenvalue weighted by atomic mass is 9.92. The third-order valence-electron chi connectivity index (χ3n) is 4.34. The highest BCUT2D eigenvalue weighted by atomic mass is 16.4. The molecular weight excluding hydrogens is 238 g/mol. The Bertz CT molecular complexity index is 384. The monoisotopic (exact) mass is 265 g/mol. The zero-order valence-corrected chi connectivity index (χ0v) is 12.5. The molecule has 2 heterocycles. The van der Waals surface area contributed by atoms with Crippen LogP contribution < -0.4 is 5.32 Å². The van der Waals surface area contributed by atoms with Crippen LogP contribution in [0.15, 0.2) is 10.6 Å². The molecule has 2 rings (SSSR count).